The lowest BCUT2D eigenvalue weighted by Gasteiger charge is -2.45. The van der Waals surface area contributed by atoms with Gasteiger partial charge in [-0.15, -0.1) is 0 Å². The van der Waals surface area contributed by atoms with Crippen molar-refractivity contribution in [3.8, 4) is 0 Å². The van der Waals surface area contributed by atoms with Crippen molar-refractivity contribution in [2.45, 2.75) is 65.0 Å². The van der Waals surface area contributed by atoms with Gasteiger partial charge in [-0.3, -0.25) is 0 Å². The van der Waals surface area contributed by atoms with Gasteiger partial charge < -0.3 is 15.0 Å². The molecule has 2 atom stereocenters. The van der Waals surface area contributed by atoms with Crippen molar-refractivity contribution in [2.24, 2.45) is 5.41 Å². The maximum Gasteiger partial charge on any atom is 0.0474 e. The Balaban J connectivity index is 2.54. The summed E-state index contributed by atoms with van der Waals surface area (Å²) < 4.78 is 5.17. The molecule has 0 aromatic rings. The smallest absolute Gasteiger partial charge is 0.0474 e. The van der Waals surface area contributed by atoms with Gasteiger partial charge in [-0.1, -0.05) is 20.8 Å². The van der Waals surface area contributed by atoms with Crippen molar-refractivity contribution in [2.75, 3.05) is 33.9 Å². The molecule has 2 unspecified atom stereocenters. The Morgan fingerprint density at radius 2 is 2.11 bits per heavy atom. The van der Waals surface area contributed by atoms with Crippen LogP contribution in [-0.4, -0.2) is 50.8 Å². The minimum atomic E-state index is 0.491. The molecule has 1 N–H and O–H groups in total. The van der Waals surface area contributed by atoms with E-state index < -0.39 is 0 Å². The molecule has 114 valence electrons. The van der Waals surface area contributed by atoms with E-state index in [0.29, 0.717) is 17.5 Å². The van der Waals surface area contributed by atoms with Gasteiger partial charge in [-0.2, -0.15) is 0 Å². The summed E-state index contributed by atoms with van der Waals surface area (Å²) >= 11 is 0. The third-order valence-corrected chi connectivity index (χ3v) is 4.44. The van der Waals surface area contributed by atoms with Crippen molar-refractivity contribution in [3.05, 3.63) is 0 Å². The number of likely N-dealkylation sites (N-methyl/N-ethyl adjacent to an activating group) is 1. The van der Waals surface area contributed by atoms with E-state index in [-0.39, 0.29) is 0 Å². The van der Waals surface area contributed by atoms with Gasteiger partial charge in [0.05, 0.1) is 0 Å². The summed E-state index contributed by atoms with van der Waals surface area (Å²) in [5.41, 5.74) is 0.491. The van der Waals surface area contributed by atoms with Crippen LogP contribution in [-0.2, 0) is 4.74 Å². The Kier molecular flexibility index (Phi) is 7.33. The van der Waals surface area contributed by atoms with Crippen LogP contribution in [0.2, 0.25) is 0 Å². The van der Waals surface area contributed by atoms with E-state index in [1.807, 2.05) is 0 Å². The molecule has 3 heteroatoms. The molecule has 0 radical (unpaired) electrons. The molecule has 0 aromatic heterocycles. The van der Waals surface area contributed by atoms with E-state index in [1.165, 1.54) is 25.7 Å². The molecule has 0 aromatic carbocycles. The average molecular weight is 270 g/mol. The number of hydrogen-bond acceptors (Lipinski definition) is 3. The molecule has 0 saturated heterocycles. The summed E-state index contributed by atoms with van der Waals surface area (Å²) in [7, 11) is 4.07. The Labute approximate surface area is 120 Å². The number of nitrogens with one attached hydrogen (secondary N) is 1. The standard InChI is InChI=1S/C16H34N2O/c1-6-10-17-14-8-9-16(2,3)13-15(14)18(4)11-7-12-19-5/h14-15,17H,6-13H2,1-5H3. The van der Waals surface area contributed by atoms with E-state index in [1.54, 1.807) is 7.11 Å². The first-order valence-corrected chi connectivity index (χ1v) is 7.92. The molecule has 1 aliphatic rings. The maximum atomic E-state index is 5.17. The lowest BCUT2D eigenvalue weighted by atomic mass is 9.72. The molecule has 0 amide bonds. The SMILES string of the molecule is CCCNC1CCC(C)(C)CC1N(C)CCCOC. The summed E-state index contributed by atoms with van der Waals surface area (Å²) in [6.45, 7) is 10.2. The normalized spacial score (nSPS) is 26.8. The monoisotopic (exact) mass is 270 g/mol. The van der Waals surface area contributed by atoms with Gasteiger partial charge in [0.15, 0.2) is 0 Å². The number of rotatable bonds is 8. The first-order chi connectivity index (χ1) is 9.00. The summed E-state index contributed by atoms with van der Waals surface area (Å²) in [4.78, 5) is 2.55. The quantitative estimate of drug-likeness (QED) is 0.686. The van der Waals surface area contributed by atoms with Crippen LogP contribution in [0, 0.1) is 5.41 Å². The molecular weight excluding hydrogens is 236 g/mol. The highest BCUT2D eigenvalue weighted by molar-refractivity contribution is 4.93. The second-order valence-electron chi connectivity index (χ2n) is 6.86. The molecule has 0 heterocycles. The van der Waals surface area contributed by atoms with E-state index in [9.17, 15) is 0 Å². The summed E-state index contributed by atoms with van der Waals surface area (Å²) in [5, 5.41) is 3.76. The third-order valence-electron chi connectivity index (χ3n) is 4.44. The molecule has 19 heavy (non-hydrogen) atoms. The van der Waals surface area contributed by atoms with Crippen LogP contribution < -0.4 is 5.32 Å². The largest absolute Gasteiger partial charge is 0.385 e. The lowest BCUT2D eigenvalue weighted by molar-refractivity contribution is 0.0748. The Morgan fingerprint density at radius 3 is 2.74 bits per heavy atom. The average Bonchev–Trinajstić information content (AvgIpc) is 2.37. The number of hydrogen-bond donors (Lipinski definition) is 1. The molecule has 1 rings (SSSR count). The zero-order valence-corrected chi connectivity index (χ0v) is 13.7. The minimum Gasteiger partial charge on any atom is -0.385 e. The first-order valence-electron chi connectivity index (χ1n) is 7.92. The molecule has 1 saturated carbocycles. The van der Waals surface area contributed by atoms with Gasteiger partial charge in [0.1, 0.15) is 0 Å². The maximum absolute atomic E-state index is 5.17. The fourth-order valence-electron chi connectivity index (χ4n) is 3.20. The third kappa shape index (κ3) is 5.80. The predicted octanol–water partition coefficient (Wildman–Crippen LogP) is 2.90. The molecule has 0 aliphatic heterocycles. The minimum absolute atomic E-state index is 0.491. The van der Waals surface area contributed by atoms with Crippen LogP contribution in [0.4, 0.5) is 0 Å². The van der Waals surface area contributed by atoms with E-state index >= 15 is 0 Å². The summed E-state index contributed by atoms with van der Waals surface area (Å²) in [5.74, 6) is 0. The van der Waals surface area contributed by atoms with Crippen LogP contribution in [0.15, 0.2) is 0 Å². The van der Waals surface area contributed by atoms with Crippen molar-refractivity contribution < 1.29 is 4.74 Å². The van der Waals surface area contributed by atoms with Crippen molar-refractivity contribution in [1.29, 1.82) is 0 Å². The molecule has 1 aliphatic carbocycles. The van der Waals surface area contributed by atoms with Crippen molar-refractivity contribution in [1.82, 2.24) is 10.2 Å². The van der Waals surface area contributed by atoms with Gasteiger partial charge in [-0.05, 0) is 51.1 Å². The first kappa shape index (κ1) is 16.9. The highest BCUT2D eigenvalue weighted by Gasteiger charge is 2.36. The number of nitrogens with zero attached hydrogens (tertiary/aromatic N) is 1. The highest BCUT2D eigenvalue weighted by Crippen LogP contribution is 2.37. The van der Waals surface area contributed by atoms with Gasteiger partial charge in [-0.25, -0.2) is 0 Å². The Morgan fingerprint density at radius 1 is 1.37 bits per heavy atom. The Hall–Kier alpha value is -0.120. The van der Waals surface area contributed by atoms with Crippen LogP contribution in [0.1, 0.15) is 52.9 Å². The van der Waals surface area contributed by atoms with Crippen LogP contribution in [0.25, 0.3) is 0 Å². The molecule has 0 spiro atoms. The second-order valence-corrected chi connectivity index (χ2v) is 6.86. The fraction of sp³-hybridized carbons (Fsp3) is 1.00. The number of ether oxygens (including phenoxy) is 1. The second kappa shape index (κ2) is 8.23. The predicted molar refractivity (Wildman–Crippen MR) is 82.6 cm³/mol. The lowest BCUT2D eigenvalue weighted by Crippen LogP contribution is -2.54. The molecule has 0 bridgehead atoms. The van der Waals surface area contributed by atoms with Crippen molar-refractivity contribution in [3.63, 3.8) is 0 Å². The fourth-order valence-corrected chi connectivity index (χ4v) is 3.20. The zero-order chi connectivity index (χ0) is 14.3. The van der Waals surface area contributed by atoms with Gasteiger partial charge in [0, 0.05) is 32.3 Å². The van der Waals surface area contributed by atoms with Gasteiger partial charge in [0.25, 0.3) is 0 Å². The van der Waals surface area contributed by atoms with Gasteiger partial charge >= 0.3 is 0 Å². The van der Waals surface area contributed by atoms with Gasteiger partial charge in [0.2, 0.25) is 0 Å². The van der Waals surface area contributed by atoms with E-state index in [0.717, 1.165) is 26.1 Å². The molecule has 3 nitrogen and oxygen atoms in total. The topological polar surface area (TPSA) is 24.5 Å². The van der Waals surface area contributed by atoms with E-state index in [2.05, 4.69) is 38.0 Å². The number of methoxy groups -OCH3 is 1. The zero-order valence-electron chi connectivity index (χ0n) is 13.7. The molecule has 1 fully saturated rings. The summed E-state index contributed by atoms with van der Waals surface area (Å²) in [6, 6.07) is 1.34. The van der Waals surface area contributed by atoms with Crippen LogP contribution >= 0.6 is 0 Å². The van der Waals surface area contributed by atoms with Crippen molar-refractivity contribution >= 4 is 0 Å². The molecular formula is C16H34N2O. The Bertz CT molecular complexity index is 243. The summed E-state index contributed by atoms with van der Waals surface area (Å²) in [6.07, 6.45) is 6.31. The highest BCUT2D eigenvalue weighted by atomic mass is 16.5. The van der Waals surface area contributed by atoms with Crippen LogP contribution in [0.3, 0.4) is 0 Å². The van der Waals surface area contributed by atoms with E-state index in [4.69, 9.17) is 4.74 Å². The van der Waals surface area contributed by atoms with Crippen LogP contribution in [0.5, 0.6) is 0 Å².